The number of fused-ring (bicyclic) bond motifs is 1. The second-order valence-corrected chi connectivity index (χ2v) is 7.37. The molecule has 0 aliphatic rings. The first-order valence-electron chi connectivity index (χ1n) is 8.75. The average Bonchev–Trinajstić information content (AvgIpc) is 3.02. The van der Waals surface area contributed by atoms with Gasteiger partial charge in [0.15, 0.2) is 0 Å². The van der Waals surface area contributed by atoms with Gasteiger partial charge in [-0.05, 0) is 43.4 Å². The van der Waals surface area contributed by atoms with Crippen LogP contribution < -0.4 is 16.3 Å². The maximum Gasteiger partial charge on any atom is 0.323 e. The standard InChI is InChI=1S/C19H19Cl2N5O3/c1-26(10-18(28)23-11-2-4-13(20)14(21)8-11)7-6-17(27)22-12-3-5-15-16(9-12)25-19(29)24-15/h2-5,8-9H,6-7,10H2,1H3,(H,22,27)(H,23,28)(H2,24,25,29). The lowest BCUT2D eigenvalue weighted by molar-refractivity contribution is -0.119. The number of carbonyl (C=O) groups excluding carboxylic acids is 2. The third kappa shape index (κ3) is 5.83. The number of amides is 2. The summed E-state index contributed by atoms with van der Waals surface area (Å²) in [6, 6.07) is 9.94. The van der Waals surface area contributed by atoms with Gasteiger partial charge in [0.2, 0.25) is 11.8 Å². The monoisotopic (exact) mass is 435 g/mol. The second-order valence-electron chi connectivity index (χ2n) is 6.55. The largest absolute Gasteiger partial charge is 0.326 e. The van der Waals surface area contributed by atoms with Gasteiger partial charge in [0.25, 0.3) is 0 Å². The third-order valence-corrected chi connectivity index (χ3v) is 4.88. The van der Waals surface area contributed by atoms with Gasteiger partial charge in [-0.15, -0.1) is 0 Å². The molecule has 0 aliphatic carbocycles. The molecule has 2 aromatic carbocycles. The van der Waals surface area contributed by atoms with E-state index in [0.29, 0.717) is 39.0 Å². The van der Waals surface area contributed by atoms with Gasteiger partial charge < -0.3 is 20.6 Å². The highest BCUT2D eigenvalue weighted by atomic mass is 35.5. The van der Waals surface area contributed by atoms with Crippen molar-refractivity contribution in [1.29, 1.82) is 0 Å². The van der Waals surface area contributed by atoms with Crippen LogP contribution in [0.1, 0.15) is 6.42 Å². The molecule has 0 bridgehead atoms. The Balaban J connectivity index is 1.45. The molecule has 0 saturated heterocycles. The van der Waals surface area contributed by atoms with E-state index in [9.17, 15) is 14.4 Å². The van der Waals surface area contributed by atoms with Crippen molar-refractivity contribution in [3.05, 3.63) is 56.9 Å². The molecule has 0 saturated carbocycles. The molecule has 3 rings (SSSR count). The fourth-order valence-corrected chi connectivity index (χ4v) is 3.02. The Morgan fingerprint density at radius 1 is 0.931 bits per heavy atom. The highest BCUT2D eigenvalue weighted by Crippen LogP contribution is 2.24. The van der Waals surface area contributed by atoms with E-state index in [2.05, 4.69) is 20.6 Å². The van der Waals surface area contributed by atoms with E-state index in [4.69, 9.17) is 23.2 Å². The van der Waals surface area contributed by atoms with Gasteiger partial charge in [-0.3, -0.25) is 14.5 Å². The first kappa shape index (κ1) is 20.9. The van der Waals surface area contributed by atoms with Crippen LogP contribution in [0.4, 0.5) is 11.4 Å². The van der Waals surface area contributed by atoms with Crippen molar-refractivity contribution in [2.45, 2.75) is 6.42 Å². The molecule has 0 spiro atoms. The number of anilines is 2. The molecular weight excluding hydrogens is 417 g/mol. The molecule has 29 heavy (non-hydrogen) atoms. The molecule has 0 atom stereocenters. The zero-order valence-corrected chi connectivity index (χ0v) is 17.0. The molecule has 0 aliphatic heterocycles. The number of aromatic amines is 2. The Labute approximate surface area is 176 Å². The van der Waals surface area contributed by atoms with Crippen LogP contribution in [0.3, 0.4) is 0 Å². The number of nitrogens with zero attached hydrogens (tertiary/aromatic N) is 1. The predicted octanol–water partition coefficient (Wildman–Crippen LogP) is 3.06. The number of likely N-dealkylation sites (N-methyl/N-ethyl adjacent to an activating group) is 1. The van der Waals surface area contributed by atoms with E-state index in [1.165, 1.54) is 0 Å². The lowest BCUT2D eigenvalue weighted by Gasteiger charge is -2.16. The fourth-order valence-electron chi connectivity index (χ4n) is 2.72. The molecule has 1 heterocycles. The van der Waals surface area contributed by atoms with Crippen LogP contribution in [0, 0.1) is 0 Å². The molecule has 3 aromatic rings. The lowest BCUT2D eigenvalue weighted by Crippen LogP contribution is -2.32. The molecule has 1 aromatic heterocycles. The summed E-state index contributed by atoms with van der Waals surface area (Å²) in [5.41, 5.74) is 2.11. The van der Waals surface area contributed by atoms with Gasteiger partial charge in [-0.25, -0.2) is 4.79 Å². The van der Waals surface area contributed by atoms with Crippen molar-refractivity contribution in [3.8, 4) is 0 Å². The number of hydrogen-bond donors (Lipinski definition) is 4. The summed E-state index contributed by atoms with van der Waals surface area (Å²) in [5, 5.41) is 6.27. The van der Waals surface area contributed by atoms with Crippen LogP contribution in [0.25, 0.3) is 11.0 Å². The topological polar surface area (TPSA) is 110 Å². The Bertz CT molecular complexity index is 1110. The number of nitrogens with one attached hydrogen (secondary N) is 4. The summed E-state index contributed by atoms with van der Waals surface area (Å²) >= 11 is 11.8. The van der Waals surface area contributed by atoms with Gasteiger partial charge in [0.1, 0.15) is 0 Å². The van der Waals surface area contributed by atoms with E-state index in [-0.39, 0.29) is 30.5 Å². The van der Waals surface area contributed by atoms with Crippen LogP contribution in [0.5, 0.6) is 0 Å². The number of halogens is 2. The second kappa shape index (κ2) is 9.13. The number of rotatable bonds is 7. The molecule has 152 valence electrons. The molecule has 10 heteroatoms. The first-order valence-corrected chi connectivity index (χ1v) is 9.51. The SMILES string of the molecule is CN(CCC(=O)Nc1ccc2[nH]c(=O)[nH]c2c1)CC(=O)Nc1ccc(Cl)c(Cl)c1. The Hall–Kier alpha value is -2.81. The Morgan fingerprint density at radius 3 is 2.34 bits per heavy atom. The third-order valence-electron chi connectivity index (χ3n) is 4.14. The van der Waals surface area contributed by atoms with Crippen molar-refractivity contribution in [2.24, 2.45) is 0 Å². The minimum absolute atomic E-state index is 0.115. The lowest BCUT2D eigenvalue weighted by atomic mass is 10.2. The Morgan fingerprint density at radius 2 is 1.59 bits per heavy atom. The number of imidazole rings is 1. The van der Waals surface area contributed by atoms with E-state index in [1.54, 1.807) is 48.3 Å². The summed E-state index contributed by atoms with van der Waals surface area (Å²) in [7, 11) is 1.75. The Kier molecular flexibility index (Phi) is 6.58. The number of benzene rings is 2. The fraction of sp³-hybridized carbons (Fsp3) is 0.211. The van der Waals surface area contributed by atoms with Crippen molar-refractivity contribution >= 4 is 57.4 Å². The molecule has 2 amide bonds. The zero-order chi connectivity index (χ0) is 21.0. The van der Waals surface area contributed by atoms with E-state index in [1.807, 2.05) is 0 Å². The minimum Gasteiger partial charge on any atom is -0.326 e. The minimum atomic E-state index is -0.302. The first-order chi connectivity index (χ1) is 13.8. The normalized spacial score (nSPS) is 11.0. The van der Waals surface area contributed by atoms with Gasteiger partial charge in [-0.1, -0.05) is 23.2 Å². The van der Waals surface area contributed by atoms with Gasteiger partial charge in [0, 0.05) is 24.3 Å². The maximum atomic E-state index is 12.2. The maximum absolute atomic E-state index is 12.2. The molecular formula is C19H19Cl2N5O3. The van der Waals surface area contributed by atoms with E-state index >= 15 is 0 Å². The number of hydrogen-bond acceptors (Lipinski definition) is 4. The number of carbonyl (C=O) groups is 2. The molecule has 4 N–H and O–H groups in total. The number of aromatic nitrogens is 2. The van der Waals surface area contributed by atoms with Gasteiger partial charge in [0.05, 0.1) is 27.6 Å². The summed E-state index contributed by atoms with van der Waals surface area (Å²) < 4.78 is 0. The van der Waals surface area contributed by atoms with Crippen LogP contribution in [-0.2, 0) is 9.59 Å². The van der Waals surface area contributed by atoms with Crippen LogP contribution >= 0.6 is 23.2 Å². The van der Waals surface area contributed by atoms with Gasteiger partial charge >= 0.3 is 5.69 Å². The van der Waals surface area contributed by atoms with Crippen molar-refractivity contribution < 1.29 is 9.59 Å². The highest BCUT2D eigenvalue weighted by Gasteiger charge is 2.11. The zero-order valence-electron chi connectivity index (χ0n) is 15.5. The van der Waals surface area contributed by atoms with Crippen LogP contribution in [0.15, 0.2) is 41.2 Å². The van der Waals surface area contributed by atoms with Crippen molar-refractivity contribution in [1.82, 2.24) is 14.9 Å². The molecule has 0 radical (unpaired) electrons. The van der Waals surface area contributed by atoms with Crippen molar-refractivity contribution in [2.75, 3.05) is 30.8 Å². The number of H-pyrrole nitrogens is 2. The van der Waals surface area contributed by atoms with E-state index in [0.717, 1.165) is 0 Å². The quantitative estimate of drug-likeness (QED) is 0.456. The highest BCUT2D eigenvalue weighted by molar-refractivity contribution is 6.42. The summed E-state index contributed by atoms with van der Waals surface area (Å²) in [4.78, 5) is 42.6. The van der Waals surface area contributed by atoms with Gasteiger partial charge in [-0.2, -0.15) is 0 Å². The van der Waals surface area contributed by atoms with E-state index < -0.39 is 0 Å². The van der Waals surface area contributed by atoms with Crippen LogP contribution in [0.2, 0.25) is 10.0 Å². The summed E-state index contributed by atoms with van der Waals surface area (Å²) in [6.45, 7) is 0.508. The van der Waals surface area contributed by atoms with Crippen LogP contribution in [-0.4, -0.2) is 46.8 Å². The molecule has 0 fully saturated rings. The van der Waals surface area contributed by atoms with Crippen molar-refractivity contribution in [3.63, 3.8) is 0 Å². The molecule has 8 nitrogen and oxygen atoms in total. The molecule has 0 unspecified atom stereocenters. The summed E-state index contributed by atoms with van der Waals surface area (Å²) in [6.07, 6.45) is 0.207. The smallest absolute Gasteiger partial charge is 0.323 e. The summed E-state index contributed by atoms with van der Waals surface area (Å²) in [5.74, 6) is -0.424. The average molecular weight is 436 g/mol. The predicted molar refractivity (Wildman–Crippen MR) is 115 cm³/mol.